The lowest BCUT2D eigenvalue weighted by atomic mass is 10.1. The van der Waals surface area contributed by atoms with Gasteiger partial charge in [-0.05, 0) is 43.0 Å². The highest BCUT2D eigenvalue weighted by molar-refractivity contribution is 7.98. The molecule has 2 N–H and O–H groups in total. The smallest absolute Gasteiger partial charge is 0.251 e. The number of hydrogen-bond acceptors (Lipinski definition) is 4. The number of pyridine rings is 1. The van der Waals surface area contributed by atoms with E-state index in [9.17, 15) is 4.79 Å². The Bertz CT molecular complexity index is 630. The van der Waals surface area contributed by atoms with Crippen LogP contribution in [0.15, 0.2) is 30.3 Å². The van der Waals surface area contributed by atoms with E-state index in [1.165, 1.54) is 0 Å². The van der Waals surface area contributed by atoms with Crippen LogP contribution in [0, 0.1) is 0 Å². The Morgan fingerprint density at radius 2 is 2.24 bits per heavy atom. The second-order valence-electron chi connectivity index (χ2n) is 4.68. The van der Waals surface area contributed by atoms with Crippen LogP contribution in [-0.4, -0.2) is 40.7 Å². The van der Waals surface area contributed by atoms with Gasteiger partial charge in [0.15, 0.2) is 0 Å². The normalized spacial score (nSPS) is 12.3. The summed E-state index contributed by atoms with van der Waals surface area (Å²) in [7, 11) is 0. The van der Waals surface area contributed by atoms with Gasteiger partial charge in [0.05, 0.1) is 5.52 Å². The molecular weight excluding hydrogens is 308 g/mol. The van der Waals surface area contributed by atoms with Crippen molar-refractivity contribution in [1.82, 2.24) is 10.3 Å². The van der Waals surface area contributed by atoms with Gasteiger partial charge in [-0.3, -0.25) is 4.79 Å². The first kappa shape index (κ1) is 16.1. The third kappa shape index (κ3) is 4.33. The summed E-state index contributed by atoms with van der Waals surface area (Å²) in [6.45, 7) is 0.0612. The van der Waals surface area contributed by atoms with E-state index in [0.29, 0.717) is 17.1 Å². The molecule has 0 aliphatic rings. The van der Waals surface area contributed by atoms with E-state index < -0.39 is 0 Å². The van der Waals surface area contributed by atoms with Gasteiger partial charge in [-0.1, -0.05) is 11.6 Å². The average Bonchev–Trinajstić information content (AvgIpc) is 2.47. The molecule has 0 radical (unpaired) electrons. The fourth-order valence-electron chi connectivity index (χ4n) is 2.06. The standard InChI is InChI=1S/C15H17ClN2O2S/c1-21-9-12(6-7-19)17-15(20)11-2-4-13-10(8-11)3-5-14(16)18-13/h2-5,8,12,19H,6-7,9H2,1H3,(H,17,20). The van der Waals surface area contributed by atoms with Crippen LogP contribution >= 0.6 is 23.4 Å². The number of amides is 1. The minimum atomic E-state index is -0.139. The van der Waals surface area contributed by atoms with Crippen LogP contribution in [0.1, 0.15) is 16.8 Å². The van der Waals surface area contributed by atoms with Crippen LogP contribution < -0.4 is 5.32 Å². The molecule has 112 valence electrons. The van der Waals surface area contributed by atoms with Crippen LogP contribution in [0.4, 0.5) is 0 Å². The SMILES string of the molecule is CSCC(CCO)NC(=O)c1ccc2nc(Cl)ccc2c1. The van der Waals surface area contributed by atoms with Crippen molar-refractivity contribution in [2.45, 2.75) is 12.5 Å². The average molecular weight is 325 g/mol. The third-order valence-corrected chi connectivity index (χ3v) is 4.04. The van der Waals surface area contributed by atoms with E-state index >= 15 is 0 Å². The van der Waals surface area contributed by atoms with E-state index in [0.717, 1.165) is 16.7 Å². The van der Waals surface area contributed by atoms with Crippen LogP contribution in [-0.2, 0) is 0 Å². The number of carbonyl (C=O) groups is 1. The minimum Gasteiger partial charge on any atom is -0.396 e. The van der Waals surface area contributed by atoms with Gasteiger partial charge in [-0.2, -0.15) is 11.8 Å². The second-order valence-corrected chi connectivity index (χ2v) is 5.98. The van der Waals surface area contributed by atoms with Crippen LogP contribution in [0.5, 0.6) is 0 Å². The number of thioether (sulfide) groups is 1. The molecule has 1 heterocycles. The number of rotatable bonds is 6. The Morgan fingerprint density at radius 3 is 2.95 bits per heavy atom. The van der Waals surface area contributed by atoms with Crippen molar-refractivity contribution in [2.24, 2.45) is 0 Å². The van der Waals surface area contributed by atoms with E-state index in [2.05, 4.69) is 10.3 Å². The number of halogens is 1. The zero-order chi connectivity index (χ0) is 15.2. The number of fused-ring (bicyclic) bond motifs is 1. The summed E-state index contributed by atoms with van der Waals surface area (Å²) in [5.41, 5.74) is 1.34. The fraction of sp³-hybridized carbons (Fsp3) is 0.333. The molecule has 0 fully saturated rings. The number of nitrogens with one attached hydrogen (secondary N) is 1. The topological polar surface area (TPSA) is 62.2 Å². The first-order valence-electron chi connectivity index (χ1n) is 6.61. The quantitative estimate of drug-likeness (QED) is 0.802. The van der Waals surface area contributed by atoms with Gasteiger partial charge in [0.25, 0.3) is 5.91 Å². The van der Waals surface area contributed by atoms with Crippen molar-refractivity contribution in [3.05, 3.63) is 41.0 Å². The van der Waals surface area contributed by atoms with Crippen molar-refractivity contribution in [3.63, 3.8) is 0 Å². The van der Waals surface area contributed by atoms with E-state index in [1.807, 2.05) is 12.3 Å². The van der Waals surface area contributed by atoms with Crippen molar-refractivity contribution in [2.75, 3.05) is 18.6 Å². The highest BCUT2D eigenvalue weighted by Crippen LogP contribution is 2.17. The van der Waals surface area contributed by atoms with Gasteiger partial charge < -0.3 is 10.4 Å². The Balaban J connectivity index is 2.16. The Morgan fingerprint density at radius 1 is 1.43 bits per heavy atom. The summed E-state index contributed by atoms with van der Waals surface area (Å²) in [6.07, 6.45) is 2.53. The molecule has 21 heavy (non-hydrogen) atoms. The summed E-state index contributed by atoms with van der Waals surface area (Å²) in [4.78, 5) is 16.5. The molecule has 0 aliphatic carbocycles. The number of nitrogens with zero attached hydrogens (tertiary/aromatic N) is 1. The van der Waals surface area contributed by atoms with Crippen molar-refractivity contribution < 1.29 is 9.90 Å². The predicted molar refractivity (Wildman–Crippen MR) is 88.1 cm³/mol. The Labute approximate surface area is 132 Å². The molecule has 4 nitrogen and oxygen atoms in total. The van der Waals surface area contributed by atoms with Crippen molar-refractivity contribution in [3.8, 4) is 0 Å². The monoisotopic (exact) mass is 324 g/mol. The van der Waals surface area contributed by atoms with Gasteiger partial charge in [-0.25, -0.2) is 4.98 Å². The molecule has 0 aliphatic heterocycles. The van der Waals surface area contributed by atoms with E-state index in [4.69, 9.17) is 16.7 Å². The third-order valence-electron chi connectivity index (χ3n) is 3.10. The van der Waals surface area contributed by atoms with Gasteiger partial charge in [0.2, 0.25) is 0 Å². The molecule has 0 saturated heterocycles. The summed E-state index contributed by atoms with van der Waals surface area (Å²) in [5, 5.41) is 13.3. The predicted octanol–water partition coefficient (Wildman–Crippen LogP) is 2.73. The molecule has 6 heteroatoms. The Hall–Kier alpha value is -1.30. The molecule has 1 atom stereocenters. The molecule has 1 aromatic carbocycles. The maximum absolute atomic E-state index is 12.3. The first-order chi connectivity index (χ1) is 10.1. The summed E-state index contributed by atoms with van der Waals surface area (Å²) in [5.74, 6) is 0.635. The number of carbonyl (C=O) groups excluding carboxylic acids is 1. The van der Waals surface area contributed by atoms with Gasteiger partial charge in [0.1, 0.15) is 5.15 Å². The molecular formula is C15H17ClN2O2S. The molecule has 0 saturated carbocycles. The number of aromatic nitrogens is 1. The summed E-state index contributed by atoms with van der Waals surface area (Å²) < 4.78 is 0. The molecule has 1 amide bonds. The van der Waals surface area contributed by atoms with Gasteiger partial charge in [0, 0.05) is 29.4 Å². The van der Waals surface area contributed by atoms with Crippen molar-refractivity contribution >= 4 is 40.2 Å². The molecule has 0 bridgehead atoms. The molecule has 1 aromatic heterocycles. The van der Waals surface area contributed by atoms with E-state index in [-0.39, 0.29) is 18.6 Å². The van der Waals surface area contributed by atoms with Crippen molar-refractivity contribution in [1.29, 1.82) is 0 Å². The molecule has 2 rings (SSSR count). The van der Waals surface area contributed by atoms with E-state index in [1.54, 1.807) is 36.0 Å². The fourth-order valence-corrected chi connectivity index (χ4v) is 2.87. The number of aliphatic hydroxyl groups excluding tert-OH is 1. The maximum Gasteiger partial charge on any atom is 0.251 e. The van der Waals surface area contributed by atoms with Crippen LogP contribution in [0.3, 0.4) is 0 Å². The first-order valence-corrected chi connectivity index (χ1v) is 8.38. The molecule has 0 spiro atoms. The summed E-state index contributed by atoms with van der Waals surface area (Å²) in [6, 6.07) is 8.82. The zero-order valence-corrected chi connectivity index (χ0v) is 13.2. The lowest BCUT2D eigenvalue weighted by molar-refractivity contribution is 0.0935. The van der Waals surface area contributed by atoms with Gasteiger partial charge in [-0.15, -0.1) is 0 Å². The van der Waals surface area contributed by atoms with Gasteiger partial charge >= 0.3 is 0 Å². The highest BCUT2D eigenvalue weighted by atomic mass is 35.5. The highest BCUT2D eigenvalue weighted by Gasteiger charge is 2.13. The molecule has 1 unspecified atom stereocenters. The lowest BCUT2D eigenvalue weighted by Crippen LogP contribution is -2.37. The number of aliphatic hydroxyl groups is 1. The minimum absolute atomic E-state index is 0.0310. The second kappa shape index (κ2) is 7.64. The zero-order valence-electron chi connectivity index (χ0n) is 11.7. The lowest BCUT2D eigenvalue weighted by Gasteiger charge is -2.16. The van der Waals surface area contributed by atoms with Crippen LogP contribution in [0.25, 0.3) is 10.9 Å². The maximum atomic E-state index is 12.3. The number of hydrogen-bond donors (Lipinski definition) is 2. The molecule has 2 aromatic rings. The number of benzene rings is 1. The summed E-state index contributed by atoms with van der Waals surface area (Å²) >= 11 is 7.48. The largest absolute Gasteiger partial charge is 0.396 e. The Kier molecular flexibility index (Phi) is 5.85. The van der Waals surface area contributed by atoms with Crippen LogP contribution in [0.2, 0.25) is 5.15 Å².